The summed E-state index contributed by atoms with van der Waals surface area (Å²) in [6.07, 6.45) is 6.41. The summed E-state index contributed by atoms with van der Waals surface area (Å²) in [4.78, 5) is 11.8. The Morgan fingerprint density at radius 1 is 1.24 bits per heavy atom. The Balaban J connectivity index is 2.12. The van der Waals surface area contributed by atoms with E-state index in [9.17, 15) is 4.79 Å². The molecule has 0 aromatic heterocycles. The highest BCUT2D eigenvalue weighted by molar-refractivity contribution is 5.99. The van der Waals surface area contributed by atoms with Gasteiger partial charge in [-0.1, -0.05) is 5.57 Å². The van der Waals surface area contributed by atoms with E-state index in [1.807, 2.05) is 32.0 Å². The summed E-state index contributed by atoms with van der Waals surface area (Å²) in [5.41, 5.74) is 1.68. The molecule has 4 heteroatoms. The predicted octanol–water partition coefficient (Wildman–Crippen LogP) is 3.92. The number of hydrogen-bond acceptors (Lipinski definition) is 3. The minimum absolute atomic E-state index is 0.132. The van der Waals surface area contributed by atoms with Crippen molar-refractivity contribution in [3.63, 3.8) is 0 Å². The number of amides is 1. The van der Waals surface area contributed by atoms with E-state index in [-0.39, 0.29) is 12.0 Å². The van der Waals surface area contributed by atoms with E-state index in [0.717, 1.165) is 18.4 Å². The SMILES string of the molecule is COc1ccc(NC(=O)C=C(C)C)cc1OC1CCCC1. The fourth-order valence-corrected chi connectivity index (χ4v) is 2.47. The highest BCUT2D eigenvalue weighted by Gasteiger charge is 2.18. The average Bonchev–Trinajstić information content (AvgIpc) is 2.91. The van der Waals surface area contributed by atoms with Crippen molar-refractivity contribution >= 4 is 11.6 Å². The first-order chi connectivity index (χ1) is 10.1. The molecular weight excluding hydrogens is 266 g/mol. The third kappa shape index (κ3) is 4.52. The van der Waals surface area contributed by atoms with Crippen LogP contribution in [-0.2, 0) is 4.79 Å². The lowest BCUT2D eigenvalue weighted by Gasteiger charge is -2.17. The number of carbonyl (C=O) groups excluding carboxylic acids is 1. The van der Waals surface area contributed by atoms with Gasteiger partial charge < -0.3 is 14.8 Å². The van der Waals surface area contributed by atoms with Crippen LogP contribution in [0, 0.1) is 0 Å². The molecule has 0 atom stereocenters. The quantitative estimate of drug-likeness (QED) is 0.836. The zero-order valence-corrected chi connectivity index (χ0v) is 12.9. The molecule has 0 bridgehead atoms. The normalized spacial score (nSPS) is 14.6. The molecule has 0 unspecified atom stereocenters. The lowest BCUT2D eigenvalue weighted by Crippen LogP contribution is -2.13. The molecule has 1 N–H and O–H groups in total. The molecule has 0 aliphatic heterocycles. The van der Waals surface area contributed by atoms with Crippen molar-refractivity contribution < 1.29 is 14.3 Å². The first kappa shape index (κ1) is 15.4. The lowest BCUT2D eigenvalue weighted by atomic mass is 10.2. The minimum Gasteiger partial charge on any atom is -0.493 e. The zero-order chi connectivity index (χ0) is 15.2. The lowest BCUT2D eigenvalue weighted by molar-refractivity contribution is -0.111. The number of ether oxygens (including phenoxy) is 2. The van der Waals surface area contributed by atoms with Gasteiger partial charge >= 0.3 is 0 Å². The number of nitrogens with one attached hydrogen (secondary N) is 1. The summed E-state index contributed by atoms with van der Waals surface area (Å²) < 4.78 is 11.3. The highest BCUT2D eigenvalue weighted by Crippen LogP contribution is 2.33. The number of allylic oxidation sites excluding steroid dienone is 1. The van der Waals surface area contributed by atoms with Crippen LogP contribution in [-0.4, -0.2) is 19.1 Å². The van der Waals surface area contributed by atoms with Crippen LogP contribution in [0.3, 0.4) is 0 Å². The maximum absolute atomic E-state index is 11.8. The van der Waals surface area contributed by atoms with Gasteiger partial charge in [-0.15, -0.1) is 0 Å². The van der Waals surface area contributed by atoms with Gasteiger partial charge in [0.1, 0.15) is 0 Å². The monoisotopic (exact) mass is 289 g/mol. The Kier molecular flexibility index (Phi) is 5.26. The Hall–Kier alpha value is -1.97. The van der Waals surface area contributed by atoms with Crippen molar-refractivity contribution in [1.29, 1.82) is 0 Å². The number of methoxy groups -OCH3 is 1. The van der Waals surface area contributed by atoms with Gasteiger partial charge in [0.15, 0.2) is 11.5 Å². The van der Waals surface area contributed by atoms with Gasteiger partial charge in [0.2, 0.25) is 5.91 Å². The second kappa shape index (κ2) is 7.16. The second-order valence-electron chi connectivity index (χ2n) is 5.60. The zero-order valence-electron chi connectivity index (χ0n) is 12.9. The summed E-state index contributed by atoms with van der Waals surface area (Å²) in [5.74, 6) is 1.26. The summed E-state index contributed by atoms with van der Waals surface area (Å²) in [7, 11) is 1.62. The molecular formula is C17H23NO3. The molecule has 1 aromatic carbocycles. The van der Waals surface area contributed by atoms with E-state index in [1.165, 1.54) is 12.8 Å². The van der Waals surface area contributed by atoms with Crippen LogP contribution in [0.2, 0.25) is 0 Å². The van der Waals surface area contributed by atoms with Crippen molar-refractivity contribution in [2.24, 2.45) is 0 Å². The molecule has 1 aliphatic rings. The van der Waals surface area contributed by atoms with Gasteiger partial charge in [-0.2, -0.15) is 0 Å². The van der Waals surface area contributed by atoms with E-state index < -0.39 is 0 Å². The Morgan fingerprint density at radius 3 is 2.57 bits per heavy atom. The number of rotatable bonds is 5. The summed E-state index contributed by atoms with van der Waals surface area (Å²) in [6, 6.07) is 5.47. The van der Waals surface area contributed by atoms with Crippen LogP contribution in [0.5, 0.6) is 11.5 Å². The topological polar surface area (TPSA) is 47.6 Å². The van der Waals surface area contributed by atoms with Crippen LogP contribution in [0.4, 0.5) is 5.69 Å². The van der Waals surface area contributed by atoms with Crippen molar-refractivity contribution in [3.05, 3.63) is 29.8 Å². The van der Waals surface area contributed by atoms with Gasteiger partial charge in [-0.05, 0) is 51.7 Å². The number of anilines is 1. The fraction of sp³-hybridized carbons (Fsp3) is 0.471. The molecule has 0 heterocycles. The number of carbonyl (C=O) groups is 1. The maximum atomic E-state index is 11.8. The molecule has 21 heavy (non-hydrogen) atoms. The molecule has 1 fully saturated rings. The predicted molar refractivity (Wildman–Crippen MR) is 83.9 cm³/mol. The molecule has 1 saturated carbocycles. The van der Waals surface area contributed by atoms with Gasteiger partial charge in [-0.25, -0.2) is 0 Å². The largest absolute Gasteiger partial charge is 0.493 e. The standard InChI is InChI=1S/C17H23NO3/c1-12(2)10-17(19)18-13-8-9-15(20-3)16(11-13)21-14-6-4-5-7-14/h8-11,14H,4-7H2,1-3H3,(H,18,19). The molecule has 0 spiro atoms. The molecule has 1 amide bonds. The molecule has 2 rings (SSSR count). The van der Waals surface area contributed by atoms with Gasteiger partial charge in [0, 0.05) is 17.8 Å². The van der Waals surface area contributed by atoms with Gasteiger partial charge in [0.05, 0.1) is 13.2 Å². The Bertz CT molecular complexity index is 527. The molecule has 1 aliphatic carbocycles. The molecule has 0 saturated heterocycles. The number of hydrogen-bond donors (Lipinski definition) is 1. The van der Waals surface area contributed by atoms with Gasteiger partial charge in [-0.3, -0.25) is 4.79 Å². The minimum atomic E-state index is -0.132. The van der Waals surface area contributed by atoms with Crippen molar-refractivity contribution in [1.82, 2.24) is 0 Å². The Morgan fingerprint density at radius 2 is 1.95 bits per heavy atom. The van der Waals surface area contributed by atoms with Crippen LogP contribution in [0.25, 0.3) is 0 Å². The van der Waals surface area contributed by atoms with Crippen LogP contribution in [0.15, 0.2) is 29.8 Å². The molecule has 114 valence electrons. The van der Waals surface area contributed by atoms with Crippen LogP contribution < -0.4 is 14.8 Å². The van der Waals surface area contributed by atoms with Crippen molar-refractivity contribution in [2.45, 2.75) is 45.6 Å². The number of benzene rings is 1. The summed E-state index contributed by atoms with van der Waals surface area (Å²) in [6.45, 7) is 3.78. The Labute approximate surface area is 126 Å². The third-order valence-corrected chi connectivity index (χ3v) is 3.45. The van der Waals surface area contributed by atoms with E-state index in [4.69, 9.17) is 9.47 Å². The van der Waals surface area contributed by atoms with Gasteiger partial charge in [0.25, 0.3) is 0 Å². The summed E-state index contributed by atoms with van der Waals surface area (Å²) >= 11 is 0. The average molecular weight is 289 g/mol. The summed E-state index contributed by atoms with van der Waals surface area (Å²) in [5, 5.41) is 2.84. The van der Waals surface area contributed by atoms with E-state index in [1.54, 1.807) is 13.2 Å². The van der Waals surface area contributed by atoms with Crippen LogP contribution in [0.1, 0.15) is 39.5 Å². The second-order valence-corrected chi connectivity index (χ2v) is 5.60. The smallest absolute Gasteiger partial charge is 0.248 e. The fourth-order valence-electron chi connectivity index (χ4n) is 2.47. The van der Waals surface area contributed by atoms with E-state index in [2.05, 4.69) is 5.32 Å². The maximum Gasteiger partial charge on any atom is 0.248 e. The van der Waals surface area contributed by atoms with Crippen molar-refractivity contribution in [2.75, 3.05) is 12.4 Å². The highest BCUT2D eigenvalue weighted by atomic mass is 16.5. The first-order valence-electron chi connectivity index (χ1n) is 7.39. The van der Waals surface area contributed by atoms with E-state index >= 15 is 0 Å². The van der Waals surface area contributed by atoms with Crippen LogP contribution >= 0.6 is 0 Å². The first-order valence-corrected chi connectivity index (χ1v) is 7.39. The molecule has 0 radical (unpaired) electrons. The van der Waals surface area contributed by atoms with Crippen molar-refractivity contribution in [3.8, 4) is 11.5 Å². The van der Waals surface area contributed by atoms with E-state index in [0.29, 0.717) is 17.2 Å². The molecule has 1 aromatic rings. The third-order valence-electron chi connectivity index (χ3n) is 3.45. The molecule has 4 nitrogen and oxygen atoms in total.